The van der Waals surface area contributed by atoms with E-state index in [0.717, 1.165) is 4.90 Å². The van der Waals surface area contributed by atoms with Gasteiger partial charge in [0.25, 0.3) is 5.78 Å². The van der Waals surface area contributed by atoms with Gasteiger partial charge in [0.2, 0.25) is 0 Å². The summed E-state index contributed by atoms with van der Waals surface area (Å²) in [6.07, 6.45) is 0. The first-order valence-electron chi connectivity index (χ1n) is 5.61. The second-order valence-corrected chi connectivity index (χ2v) is 5.65. The molecule has 1 N–H and O–H groups in total. The van der Waals surface area contributed by atoms with Crippen molar-refractivity contribution in [3.05, 3.63) is 17.7 Å². The molecule has 0 spiro atoms. The molecular formula is C13H16O5S. The predicted molar refractivity (Wildman–Crippen MR) is 72.5 cm³/mol. The second-order valence-electron chi connectivity index (χ2n) is 4.00. The summed E-state index contributed by atoms with van der Waals surface area (Å²) in [6, 6.07) is 3.28. The number of thioether (sulfide) groups is 1. The predicted octanol–water partition coefficient (Wildman–Crippen LogP) is 2.47. The minimum atomic E-state index is -1.54. The van der Waals surface area contributed by atoms with Crippen molar-refractivity contribution in [1.29, 1.82) is 0 Å². The Hall–Kier alpha value is -1.69. The summed E-state index contributed by atoms with van der Waals surface area (Å²) >= 11 is 1.57. The van der Waals surface area contributed by atoms with Gasteiger partial charge in [0, 0.05) is 10.1 Å². The van der Waals surface area contributed by atoms with Crippen LogP contribution in [-0.2, 0) is 4.79 Å². The van der Waals surface area contributed by atoms with E-state index in [0.29, 0.717) is 5.25 Å². The average molecular weight is 284 g/mol. The first-order chi connectivity index (χ1) is 8.90. The summed E-state index contributed by atoms with van der Waals surface area (Å²) in [6.45, 7) is 4.06. The van der Waals surface area contributed by atoms with Crippen molar-refractivity contribution in [2.24, 2.45) is 0 Å². The fourth-order valence-corrected chi connectivity index (χ4v) is 2.45. The molecule has 0 saturated carbocycles. The number of carbonyl (C=O) groups is 2. The van der Waals surface area contributed by atoms with Crippen molar-refractivity contribution in [3.8, 4) is 11.5 Å². The van der Waals surface area contributed by atoms with Gasteiger partial charge in [-0.25, -0.2) is 4.79 Å². The number of ketones is 1. The maximum Gasteiger partial charge on any atom is 0.377 e. The Bertz CT molecular complexity index is 471. The van der Waals surface area contributed by atoms with E-state index in [4.69, 9.17) is 14.6 Å². The Labute approximate surface area is 115 Å². The summed E-state index contributed by atoms with van der Waals surface area (Å²) < 4.78 is 10.2. The number of rotatable bonds is 6. The number of carboxylic acid groups (broad SMARTS) is 1. The molecule has 0 unspecified atom stereocenters. The van der Waals surface area contributed by atoms with Gasteiger partial charge in [0.15, 0.2) is 0 Å². The molecular weight excluding hydrogens is 268 g/mol. The normalized spacial score (nSPS) is 10.4. The van der Waals surface area contributed by atoms with Crippen molar-refractivity contribution in [1.82, 2.24) is 0 Å². The number of Topliss-reactive ketones (excluding diaryl/α,β-unsaturated/α-hetero) is 1. The smallest absolute Gasteiger partial charge is 0.377 e. The molecule has 0 bridgehead atoms. The Kier molecular flexibility index (Phi) is 5.23. The molecule has 6 heteroatoms. The fraction of sp³-hybridized carbons (Fsp3) is 0.385. The molecule has 0 aliphatic heterocycles. The van der Waals surface area contributed by atoms with Crippen LogP contribution in [0.1, 0.15) is 24.2 Å². The summed E-state index contributed by atoms with van der Waals surface area (Å²) in [7, 11) is 2.77. The number of aliphatic carboxylic acids is 1. The summed E-state index contributed by atoms with van der Waals surface area (Å²) in [5.41, 5.74) is -0.0643. The molecule has 0 saturated heterocycles. The van der Waals surface area contributed by atoms with Gasteiger partial charge in [0.1, 0.15) is 17.1 Å². The fourth-order valence-electron chi connectivity index (χ4n) is 1.56. The Balaban J connectivity index is 3.37. The highest BCUT2D eigenvalue weighted by Gasteiger charge is 2.25. The number of hydrogen-bond donors (Lipinski definition) is 1. The standard InChI is InChI=1S/C13H16O5S/c1-7(2)19-8-5-9(17-3)11(10(6-8)18-4)12(14)13(15)16/h5-7H,1-4H3,(H,15,16). The first-order valence-corrected chi connectivity index (χ1v) is 6.49. The van der Waals surface area contributed by atoms with Crippen molar-refractivity contribution in [2.75, 3.05) is 14.2 Å². The van der Waals surface area contributed by atoms with Crippen molar-refractivity contribution in [2.45, 2.75) is 24.0 Å². The van der Waals surface area contributed by atoms with Crippen LogP contribution < -0.4 is 9.47 Å². The Morgan fingerprint density at radius 2 is 1.63 bits per heavy atom. The minimum absolute atomic E-state index is 0.0643. The van der Waals surface area contributed by atoms with Gasteiger partial charge in [-0.05, 0) is 12.1 Å². The molecule has 5 nitrogen and oxygen atoms in total. The number of benzene rings is 1. The first kappa shape index (κ1) is 15.4. The van der Waals surface area contributed by atoms with Crippen LogP contribution in [0.4, 0.5) is 0 Å². The third-order valence-corrected chi connectivity index (χ3v) is 3.25. The summed E-state index contributed by atoms with van der Waals surface area (Å²) in [4.78, 5) is 23.4. The van der Waals surface area contributed by atoms with E-state index in [1.165, 1.54) is 14.2 Å². The van der Waals surface area contributed by atoms with Gasteiger partial charge in [-0.1, -0.05) is 13.8 Å². The molecule has 0 heterocycles. The molecule has 104 valence electrons. The largest absolute Gasteiger partial charge is 0.496 e. The van der Waals surface area contributed by atoms with Gasteiger partial charge in [0.05, 0.1) is 14.2 Å². The zero-order valence-corrected chi connectivity index (χ0v) is 12.0. The highest BCUT2D eigenvalue weighted by atomic mass is 32.2. The topological polar surface area (TPSA) is 72.8 Å². The number of ether oxygens (including phenoxy) is 2. The number of methoxy groups -OCH3 is 2. The summed E-state index contributed by atoms with van der Waals surface area (Å²) in [5.74, 6) is -2.18. The van der Waals surface area contributed by atoms with Crippen LogP contribution in [0.3, 0.4) is 0 Å². The van der Waals surface area contributed by atoms with E-state index < -0.39 is 11.8 Å². The van der Waals surface area contributed by atoms with E-state index in [2.05, 4.69) is 0 Å². The van der Waals surface area contributed by atoms with Gasteiger partial charge in [-0.15, -0.1) is 11.8 Å². The number of carbonyl (C=O) groups excluding carboxylic acids is 1. The lowest BCUT2D eigenvalue weighted by molar-refractivity contribution is -0.131. The minimum Gasteiger partial charge on any atom is -0.496 e. The summed E-state index contributed by atoms with van der Waals surface area (Å²) in [5, 5.41) is 9.17. The number of hydrogen-bond acceptors (Lipinski definition) is 5. The molecule has 1 aromatic rings. The molecule has 19 heavy (non-hydrogen) atoms. The van der Waals surface area contributed by atoms with Crippen LogP contribution in [0.15, 0.2) is 17.0 Å². The quantitative estimate of drug-likeness (QED) is 0.491. The molecule has 0 aromatic heterocycles. The maximum absolute atomic E-state index is 11.7. The Morgan fingerprint density at radius 3 is 1.95 bits per heavy atom. The lowest BCUT2D eigenvalue weighted by Crippen LogP contribution is -2.15. The lowest BCUT2D eigenvalue weighted by Gasteiger charge is -2.14. The van der Waals surface area contributed by atoms with E-state index in [1.807, 2.05) is 13.8 Å². The lowest BCUT2D eigenvalue weighted by atomic mass is 10.1. The number of carboxylic acids is 1. The van der Waals surface area contributed by atoms with Gasteiger partial charge < -0.3 is 14.6 Å². The van der Waals surface area contributed by atoms with Crippen molar-refractivity contribution >= 4 is 23.5 Å². The van der Waals surface area contributed by atoms with Gasteiger partial charge >= 0.3 is 5.97 Å². The molecule has 0 aliphatic carbocycles. The van der Waals surface area contributed by atoms with E-state index in [9.17, 15) is 9.59 Å². The molecule has 1 rings (SSSR count). The van der Waals surface area contributed by atoms with E-state index >= 15 is 0 Å². The third-order valence-electron chi connectivity index (χ3n) is 2.27. The molecule has 0 radical (unpaired) electrons. The highest BCUT2D eigenvalue weighted by Crippen LogP contribution is 2.36. The SMILES string of the molecule is COc1cc(SC(C)C)cc(OC)c1C(=O)C(=O)O. The van der Waals surface area contributed by atoms with E-state index in [-0.39, 0.29) is 17.1 Å². The third kappa shape index (κ3) is 3.64. The zero-order chi connectivity index (χ0) is 14.6. The van der Waals surface area contributed by atoms with Crippen LogP contribution in [0, 0.1) is 0 Å². The van der Waals surface area contributed by atoms with Crippen LogP contribution in [-0.4, -0.2) is 36.3 Å². The van der Waals surface area contributed by atoms with Crippen LogP contribution in [0.2, 0.25) is 0 Å². The maximum atomic E-state index is 11.7. The van der Waals surface area contributed by atoms with Crippen LogP contribution in [0.25, 0.3) is 0 Å². The van der Waals surface area contributed by atoms with Gasteiger partial charge in [-0.3, -0.25) is 4.79 Å². The van der Waals surface area contributed by atoms with Crippen molar-refractivity contribution in [3.63, 3.8) is 0 Å². The zero-order valence-electron chi connectivity index (χ0n) is 11.2. The highest BCUT2D eigenvalue weighted by molar-refractivity contribution is 7.99. The monoisotopic (exact) mass is 284 g/mol. The Morgan fingerprint density at radius 1 is 1.16 bits per heavy atom. The van der Waals surface area contributed by atoms with Gasteiger partial charge in [-0.2, -0.15) is 0 Å². The second kappa shape index (κ2) is 6.47. The van der Waals surface area contributed by atoms with Crippen LogP contribution >= 0.6 is 11.8 Å². The molecule has 1 aromatic carbocycles. The molecule has 0 fully saturated rings. The van der Waals surface area contributed by atoms with Crippen molar-refractivity contribution < 1.29 is 24.2 Å². The average Bonchev–Trinajstić information content (AvgIpc) is 2.35. The van der Waals surface area contributed by atoms with E-state index in [1.54, 1.807) is 23.9 Å². The molecule has 0 atom stereocenters. The van der Waals surface area contributed by atoms with Crippen LogP contribution in [0.5, 0.6) is 11.5 Å². The molecule has 0 aliphatic rings. The molecule has 0 amide bonds.